The summed E-state index contributed by atoms with van der Waals surface area (Å²) in [6.45, 7) is 0. The number of carbonyl (C=O) groups excluding carboxylic acids is 1. The highest BCUT2D eigenvalue weighted by Crippen LogP contribution is 2.24. The summed E-state index contributed by atoms with van der Waals surface area (Å²) in [6, 6.07) is 8.73. The second-order valence-electron chi connectivity index (χ2n) is 6.46. The standard InChI is InChI=1S/C17H19N5O3S2/c1-22-15(8-13-5-6-27(24,25)11-13)20-21-17(22)26-10-16(23)19-14-4-2-3-12(7-14)9-18/h2-4,7,13H,5-6,8,10-11H2,1H3,(H,19,23)/t13-/m0/s1. The maximum Gasteiger partial charge on any atom is 0.234 e. The molecule has 0 bridgehead atoms. The number of nitriles is 1. The van der Waals surface area contributed by atoms with Crippen molar-refractivity contribution in [1.29, 1.82) is 5.26 Å². The zero-order chi connectivity index (χ0) is 19.4. The van der Waals surface area contributed by atoms with Crippen LogP contribution in [-0.4, -0.2) is 46.3 Å². The molecule has 2 heterocycles. The quantitative estimate of drug-likeness (QED) is 0.722. The van der Waals surface area contributed by atoms with Gasteiger partial charge in [0.1, 0.15) is 5.82 Å². The molecule has 0 saturated carbocycles. The predicted molar refractivity (Wildman–Crippen MR) is 102 cm³/mol. The lowest BCUT2D eigenvalue weighted by Gasteiger charge is -2.08. The molecule has 1 aliphatic heterocycles. The average molecular weight is 406 g/mol. The van der Waals surface area contributed by atoms with Gasteiger partial charge in [0.25, 0.3) is 0 Å². The largest absolute Gasteiger partial charge is 0.325 e. The van der Waals surface area contributed by atoms with E-state index in [0.717, 1.165) is 5.82 Å². The van der Waals surface area contributed by atoms with E-state index >= 15 is 0 Å². The van der Waals surface area contributed by atoms with Gasteiger partial charge in [0.2, 0.25) is 5.91 Å². The van der Waals surface area contributed by atoms with Gasteiger partial charge in [-0.2, -0.15) is 5.26 Å². The fourth-order valence-electron chi connectivity index (χ4n) is 2.93. The van der Waals surface area contributed by atoms with E-state index < -0.39 is 9.84 Å². The van der Waals surface area contributed by atoms with E-state index in [-0.39, 0.29) is 29.1 Å². The van der Waals surface area contributed by atoms with Crippen LogP contribution in [0.5, 0.6) is 0 Å². The number of benzene rings is 1. The van der Waals surface area contributed by atoms with E-state index in [2.05, 4.69) is 15.5 Å². The Morgan fingerprint density at radius 3 is 2.96 bits per heavy atom. The van der Waals surface area contributed by atoms with Crippen LogP contribution in [0.4, 0.5) is 5.69 Å². The number of anilines is 1. The third-order valence-corrected chi connectivity index (χ3v) is 7.19. The summed E-state index contributed by atoms with van der Waals surface area (Å²) in [4.78, 5) is 12.1. The molecule has 142 valence electrons. The third-order valence-electron chi connectivity index (χ3n) is 4.33. The van der Waals surface area contributed by atoms with Crippen molar-refractivity contribution in [2.24, 2.45) is 13.0 Å². The first-order valence-electron chi connectivity index (χ1n) is 8.38. The van der Waals surface area contributed by atoms with Gasteiger partial charge in [-0.1, -0.05) is 17.8 Å². The highest BCUT2D eigenvalue weighted by molar-refractivity contribution is 7.99. The number of carbonyl (C=O) groups is 1. The molecule has 0 spiro atoms. The SMILES string of the molecule is Cn1c(C[C@@H]2CCS(=O)(=O)C2)nnc1SCC(=O)Nc1cccc(C#N)c1. The van der Waals surface area contributed by atoms with Crippen LogP contribution in [0.15, 0.2) is 29.4 Å². The minimum absolute atomic E-state index is 0.0754. The molecule has 0 aliphatic carbocycles. The zero-order valence-corrected chi connectivity index (χ0v) is 16.4. The highest BCUT2D eigenvalue weighted by atomic mass is 32.2. The number of sulfone groups is 1. The monoisotopic (exact) mass is 405 g/mol. The highest BCUT2D eigenvalue weighted by Gasteiger charge is 2.29. The zero-order valence-electron chi connectivity index (χ0n) is 14.8. The number of nitrogens with one attached hydrogen (secondary N) is 1. The van der Waals surface area contributed by atoms with Crippen molar-refractivity contribution in [3.8, 4) is 6.07 Å². The van der Waals surface area contributed by atoms with E-state index in [1.165, 1.54) is 11.8 Å². The molecule has 27 heavy (non-hydrogen) atoms. The Kier molecular flexibility index (Phi) is 5.82. The van der Waals surface area contributed by atoms with Gasteiger partial charge in [-0.05, 0) is 30.5 Å². The van der Waals surface area contributed by atoms with Crippen LogP contribution >= 0.6 is 11.8 Å². The van der Waals surface area contributed by atoms with Crippen molar-refractivity contribution in [3.63, 3.8) is 0 Å². The number of aromatic nitrogens is 3. The second kappa shape index (κ2) is 8.10. The number of hydrogen-bond donors (Lipinski definition) is 1. The van der Waals surface area contributed by atoms with Gasteiger partial charge in [-0.3, -0.25) is 4.79 Å². The molecule has 1 saturated heterocycles. The van der Waals surface area contributed by atoms with E-state index in [9.17, 15) is 13.2 Å². The molecule has 1 atom stereocenters. The van der Waals surface area contributed by atoms with E-state index in [4.69, 9.17) is 5.26 Å². The first kappa shape index (κ1) is 19.4. The summed E-state index contributed by atoms with van der Waals surface area (Å²) >= 11 is 1.26. The lowest BCUT2D eigenvalue weighted by Crippen LogP contribution is -2.15. The molecule has 1 aliphatic rings. The summed E-state index contributed by atoms with van der Waals surface area (Å²) in [6.07, 6.45) is 1.22. The molecular weight excluding hydrogens is 386 g/mol. The van der Waals surface area contributed by atoms with Crippen molar-refractivity contribution >= 4 is 33.2 Å². The van der Waals surface area contributed by atoms with Crippen LogP contribution in [0, 0.1) is 17.2 Å². The second-order valence-corrected chi connectivity index (χ2v) is 9.63. The molecule has 0 unspecified atom stereocenters. The molecule has 1 aromatic carbocycles. The Morgan fingerprint density at radius 2 is 2.26 bits per heavy atom. The topological polar surface area (TPSA) is 118 Å². The molecule has 1 fully saturated rings. The summed E-state index contributed by atoms with van der Waals surface area (Å²) in [7, 11) is -1.10. The summed E-state index contributed by atoms with van der Waals surface area (Å²) in [5.74, 6) is 1.19. The minimum Gasteiger partial charge on any atom is -0.325 e. The van der Waals surface area contributed by atoms with Gasteiger partial charge >= 0.3 is 0 Å². The van der Waals surface area contributed by atoms with Crippen molar-refractivity contribution in [2.75, 3.05) is 22.6 Å². The number of rotatable bonds is 6. The predicted octanol–water partition coefficient (Wildman–Crippen LogP) is 1.39. The molecular formula is C17H19N5O3S2. The maximum atomic E-state index is 12.1. The molecule has 0 radical (unpaired) electrons. The van der Waals surface area contributed by atoms with Gasteiger partial charge in [0.05, 0.1) is 28.9 Å². The Labute approximate surface area is 161 Å². The van der Waals surface area contributed by atoms with Crippen LogP contribution in [-0.2, 0) is 28.1 Å². The van der Waals surface area contributed by atoms with Crippen LogP contribution in [0.25, 0.3) is 0 Å². The Bertz CT molecular complexity index is 994. The van der Waals surface area contributed by atoms with Crippen molar-refractivity contribution in [1.82, 2.24) is 14.8 Å². The van der Waals surface area contributed by atoms with Crippen LogP contribution in [0.3, 0.4) is 0 Å². The first-order chi connectivity index (χ1) is 12.9. The minimum atomic E-state index is -2.91. The van der Waals surface area contributed by atoms with Crippen molar-refractivity contribution < 1.29 is 13.2 Å². The van der Waals surface area contributed by atoms with Crippen LogP contribution in [0.1, 0.15) is 17.8 Å². The molecule has 3 rings (SSSR count). The summed E-state index contributed by atoms with van der Waals surface area (Å²) < 4.78 is 25.0. The van der Waals surface area contributed by atoms with Crippen molar-refractivity contribution in [2.45, 2.75) is 18.0 Å². The molecule has 8 nitrogen and oxygen atoms in total. The van der Waals surface area contributed by atoms with Crippen LogP contribution < -0.4 is 5.32 Å². The van der Waals surface area contributed by atoms with Gasteiger partial charge in [-0.15, -0.1) is 10.2 Å². The van der Waals surface area contributed by atoms with Gasteiger partial charge in [0.15, 0.2) is 15.0 Å². The van der Waals surface area contributed by atoms with E-state index in [1.54, 1.807) is 28.8 Å². The number of hydrogen-bond acceptors (Lipinski definition) is 7. The molecule has 10 heteroatoms. The Hall–Kier alpha value is -2.38. The molecule has 1 amide bonds. The normalized spacial score (nSPS) is 18.1. The van der Waals surface area contributed by atoms with Gasteiger partial charge in [0, 0.05) is 19.2 Å². The van der Waals surface area contributed by atoms with E-state index in [0.29, 0.717) is 29.2 Å². The summed E-state index contributed by atoms with van der Waals surface area (Å²) in [5, 5.41) is 20.5. The fraction of sp³-hybridized carbons (Fsp3) is 0.412. The fourth-order valence-corrected chi connectivity index (χ4v) is 5.53. The third kappa shape index (κ3) is 5.08. The van der Waals surface area contributed by atoms with Gasteiger partial charge < -0.3 is 9.88 Å². The van der Waals surface area contributed by atoms with E-state index in [1.807, 2.05) is 13.1 Å². The van der Waals surface area contributed by atoms with Crippen LogP contribution in [0.2, 0.25) is 0 Å². The Morgan fingerprint density at radius 1 is 1.44 bits per heavy atom. The van der Waals surface area contributed by atoms with Gasteiger partial charge in [-0.25, -0.2) is 8.42 Å². The lowest BCUT2D eigenvalue weighted by atomic mass is 10.1. The smallest absolute Gasteiger partial charge is 0.234 e. The maximum absolute atomic E-state index is 12.1. The number of amides is 1. The Balaban J connectivity index is 1.54. The molecule has 1 N–H and O–H groups in total. The summed E-state index contributed by atoms with van der Waals surface area (Å²) in [5.41, 5.74) is 1.05. The van der Waals surface area contributed by atoms with Crippen molar-refractivity contribution in [3.05, 3.63) is 35.7 Å². The number of thioether (sulfide) groups is 1. The lowest BCUT2D eigenvalue weighted by molar-refractivity contribution is -0.113. The first-order valence-corrected chi connectivity index (χ1v) is 11.2. The average Bonchev–Trinajstić information content (AvgIpc) is 3.15. The number of nitrogens with zero attached hydrogens (tertiary/aromatic N) is 4. The molecule has 2 aromatic rings. The molecule has 1 aromatic heterocycles.